The van der Waals surface area contributed by atoms with Crippen LogP contribution < -0.4 is 10.6 Å². The molecule has 3 heterocycles. The minimum atomic E-state index is -0.0641. The monoisotopic (exact) mass is 397 g/mol. The molecule has 1 saturated heterocycles. The zero-order valence-electron chi connectivity index (χ0n) is 15.5. The van der Waals surface area contributed by atoms with Crippen LogP contribution in [-0.4, -0.2) is 39.9 Å². The molecule has 1 fully saturated rings. The Hall–Kier alpha value is -2.87. The van der Waals surface area contributed by atoms with Crippen LogP contribution in [0.4, 0.5) is 4.79 Å². The van der Waals surface area contributed by atoms with Crippen LogP contribution in [0, 0.1) is 5.92 Å². The highest BCUT2D eigenvalue weighted by Crippen LogP contribution is 2.18. The van der Waals surface area contributed by atoms with Gasteiger partial charge < -0.3 is 20.5 Å². The molecule has 7 nitrogen and oxygen atoms in total. The van der Waals surface area contributed by atoms with E-state index in [2.05, 4.69) is 20.6 Å². The lowest BCUT2D eigenvalue weighted by Crippen LogP contribution is -2.46. The van der Waals surface area contributed by atoms with Crippen molar-refractivity contribution in [1.29, 1.82) is 0 Å². The van der Waals surface area contributed by atoms with E-state index < -0.39 is 0 Å². The minimum Gasteiger partial charge on any atom is -0.349 e. The Labute approximate surface area is 167 Å². The molecule has 4 rings (SSSR count). The number of fused-ring (bicyclic) bond motifs is 1. The number of nitrogens with one attached hydrogen (secondary N) is 3. The topological polar surface area (TPSA) is 90.1 Å². The van der Waals surface area contributed by atoms with E-state index in [1.165, 1.54) is 0 Å². The van der Waals surface area contributed by atoms with Crippen molar-refractivity contribution in [3.05, 3.63) is 52.5 Å². The number of likely N-dealkylation sites (tertiary alicyclic amines) is 1. The first-order valence-electron chi connectivity index (χ1n) is 9.45. The van der Waals surface area contributed by atoms with Crippen molar-refractivity contribution >= 4 is 34.3 Å². The smallest absolute Gasteiger partial charge is 0.317 e. The van der Waals surface area contributed by atoms with Crippen molar-refractivity contribution in [1.82, 2.24) is 25.5 Å². The molecule has 3 N–H and O–H groups in total. The molecule has 0 atom stereocenters. The molecule has 28 heavy (non-hydrogen) atoms. The largest absolute Gasteiger partial charge is 0.349 e. The first kappa shape index (κ1) is 18.5. The van der Waals surface area contributed by atoms with Gasteiger partial charge in [-0.2, -0.15) is 0 Å². The van der Waals surface area contributed by atoms with E-state index in [-0.39, 0.29) is 17.9 Å². The van der Waals surface area contributed by atoms with Gasteiger partial charge in [0.25, 0.3) is 0 Å². The van der Waals surface area contributed by atoms with Crippen LogP contribution in [0.3, 0.4) is 0 Å². The molecule has 0 bridgehead atoms. The third-order valence-corrected chi connectivity index (χ3v) is 5.89. The first-order chi connectivity index (χ1) is 13.7. The first-order valence-corrected chi connectivity index (χ1v) is 10.3. The number of hydrogen-bond donors (Lipinski definition) is 3. The number of urea groups is 1. The van der Waals surface area contributed by atoms with Crippen LogP contribution in [0.25, 0.3) is 11.0 Å². The van der Waals surface area contributed by atoms with E-state index in [9.17, 15) is 9.59 Å². The van der Waals surface area contributed by atoms with Crippen LogP contribution in [0.2, 0.25) is 0 Å². The van der Waals surface area contributed by atoms with Gasteiger partial charge in [0, 0.05) is 23.9 Å². The standard InChI is InChI=1S/C20H23N5O2S/c26-19(21-13-18-23-16-5-1-2-6-17(16)24-18)14-7-9-25(10-8-14)20(27)22-12-15-4-3-11-28-15/h1-6,11,14H,7-10,12-13H2,(H,21,26)(H,22,27)(H,23,24). The van der Waals surface area contributed by atoms with Crippen LogP contribution in [0.1, 0.15) is 23.5 Å². The lowest BCUT2D eigenvalue weighted by Gasteiger charge is -2.31. The molecular weight excluding hydrogens is 374 g/mol. The number of H-pyrrole nitrogens is 1. The van der Waals surface area contributed by atoms with Gasteiger partial charge in [0.15, 0.2) is 0 Å². The molecule has 0 saturated carbocycles. The molecule has 146 valence electrons. The highest BCUT2D eigenvalue weighted by molar-refractivity contribution is 7.09. The third kappa shape index (κ3) is 4.33. The number of imidazole rings is 1. The van der Waals surface area contributed by atoms with Gasteiger partial charge in [-0.25, -0.2) is 9.78 Å². The zero-order chi connectivity index (χ0) is 19.3. The number of para-hydroxylation sites is 2. The molecule has 3 aromatic rings. The van der Waals surface area contributed by atoms with Gasteiger partial charge in [-0.3, -0.25) is 4.79 Å². The van der Waals surface area contributed by atoms with Crippen molar-refractivity contribution in [3.8, 4) is 0 Å². The van der Waals surface area contributed by atoms with E-state index in [4.69, 9.17) is 0 Å². The third-order valence-electron chi connectivity index (χ3n) is 5.02. The summed E-state index contributed by atoms with van der Waals surface area (Å²) >= 11 is 1.63. The number of hydrogen-bond acceptors (Lipinski definition) is 4. The molecule has 1 aliphatic heterocycles. The molecule has 2 aromatic heterocycles. The number of carbonyl (C=O) groups is 2. The predicted molar refractivity (Wildman–Crippen MR) is 109 cm³/mol. The molecule has 0 radical (unpaired) electrons. The van der Waals surface area contributed by atoms with Crippen LogP contribution in [0.15, 0.2) is 41.8 Å². The van der Waals surface area contributed by atoms with E-state index in [1.807, 2.05) is 41.8 Å². The highest BCUT2D eigenvalue weighted by atomic mass is 32.1. The number of benzene rings is 1. The summed E-state index contributed by atoms with van der Waals surface area (Å²) in [5.74, 6) is 0.713. The van der Waals surface area contributed by atoms with E-state index in [1.54, 1.807) is 16.2 Å². The number of amides is 3. The summed E-state index contributed by atoms with van der Waals surface area (Å²) in [5, 5.41) is 7.91. The average molecular weight is 398 g/mol. The second-order valence-electron chi connectivity index (χ2n) is 6.92. The maximum absolute atomic E-state index is 12.5. The molecule has 0 aliphatic carbocycles. The number of thiophene rings is 1. The summed E-state index contributed by atoms with van der Waals surface area (Å²) in [5.41, 5.74) is 1.86. The molecule has 8 heteroatoms. The average Bonchev–Trinajstić information content (AvgIpc) is 3.39. The highest BCUT2D eigenvalue weighted by Gasteiger charge is 2.27. The Morgan fingerprint density at radius 2 is 1.93 bits per heavy atom. The Bertz CT molecular complexity index is 912. The second kappa shape index (κ2) is 8.43. The van der Waals surface area contributed by atoms with Gasteiger partial charge >= 0.3 is 6.03 Å². The Morgan fingerprint density at radius 3 is 2.68 bits per heavy atom. The summed E-state index contributed by atoms with van der Waals surface area (Å²) in [7, 11) is 0. The summed E-state index contributed by atoms with van der Waals surface area (Å²) in [6.07, 6.45) is 1.36. The fraction of sp³-hybridized carbons (Fsp3) is 0.350. The van der Waals surface area contributed by atoms with E-state index >= 15 is 0 Å². The SMILES string of the molecule is O=C(NCc1nc2ccccc2[nH]1)C1CCN(C(=O)NCc2cccs2)CC1. The quantitative estimate of drug-likeness (QED) is 0.618. The van der Waals surface area contributed by atoms with Crippen molar-refractivity contribution in [2.24, 2.45) is 5.92 Å². The summed E-state index contributed by atoms with van der Waals surface area (Å²) < 4.78 is 0. The van der Waals surface area contributed by atoms with Crippen molar-refractivity contribution < 1.29 is 9.59 Å². The van der Waals surface area contributed by atoms with E-state index in [0.29, 0.717) is 39.0 Å². The van der Waals surface area contributed by atoms with Gasteiger partial charge in [0.2, 0.25) is 5.91 Å². The fourth-order valence-corrected chi connectivity index (χ4v) is 4.08. The van der Waals surface area contributed by atoms with Crippen LogP contribution >= 0.6 is 11.3 Å². The van der Waals surface area contributed by atoms with Crippen LogP contribution in [-0.2, 0) is 17.9 Å². The van der Waals surface area contributed by atoms with Crippen LogP contribution in [0.5, 0.6) is 0 Å². The lowest BCUT2D eigenvalue weighted by molar-refractivity contribution is -0.126. The van der Waals surface area contributed by atoms with Crippen molar-refractivity contribution in [2.45, 2.75) is 25.9 Å². The summed E-state index contributed by atoms with van der Waals surface area (Å²) in [6.45, 7) is 2.13. The molecule has 3 amide bonds. The Morgan fingerprint density at radius 1 is 1.11 bits per heavy atom. The number of aromatic nitrogens is 2. The fourth-order valence-electron chi connectivity index (χ4n) is 3.44. The normalized spacial score (nSPS) is 14.9. The maximum Gasteiger partial charge on any atom is 0.317 e. The van der Waals surface area contributed by atoms with Gasteiger partial charge in [-0.05, 0) is 36.4 Å². The summed E-state index contributed by atoms with van der Waals surface area (Å²) in [4.78, 5) is 35.4. The summed E-state index contributed by atoms with van der Waals surface area (Å²) in [6, 6.07) is 11.7. The van der Waals surface area contributed by atoms with Crippen molar-refractivity contribution in [2.75, 3.05) is 13.1 Å². The molecule has 0 unspecified atom stereocenters. The van der Waals surface area contributed by atoms with Crippen molar-refractivity contribution in [3.63, 3.8) is 0 Å². The van der Waals surface area contributed by atoms with Gasteiger partial charge in [0.1, 0.15) is 5.82 Å². The molecule has 1 aromatic carbocycles. The number of carbonyl (C=O) groups excluding carboxylic acids is 2. The van der Waals surface area contributed by atoms with Gasteiger partial charge in [0.05, 0.1) is 24.1 Å². The molecular formula is C20H23N5O2S. The molecule has 0 spiro atoms. The number of rotatable bonds is 5. The minimum absolute atomic E-state index is 0.0269. The predicted octanol–water partition coefficient (Wildman–Crippen LogP) is 2.86. The maximum atomic E-state index is 12.5. The number of aromatic amines is 1. The number of piperidine rings is 1. The second-order valence-corrected chi connectivity index (χ2v) is 7.95. The number of nitrogens with zero attached hydrogens (tertiary/aromatic N) is 2. The van der Waals surface area contributed by atoms with Gasteiger partial charge in [-0.1, -0.05) is 18.2 Å². The Kier molecular flexibility index (Phi) is 5.57. The lowest BCUT2D eigenvalue weighted by atomic mass is 9.96. The van der Waals surface area contributed by atoms with Gasteiger partial charge in [-0.15, -0.1) is 11.3 Å². The molecule has 1 aliphatic rings. The Balaban J connectivity index is 1.21. The van der Waals surface area contributed by atoms with E-state index in [0.717, 1.165) is 21.7 Å². The zero-order valence-corrected chi connectivity index (χ0v) is 16.3.